The quantitative estimate of drug-likeness (QED) is 0.864. The van der Waals surface area contributed by atoms with E-state index in [0.29, 0.717) is 31.7 Å². The third-order valence-corrected chi connectivity index (χ3v) is 3.74. The maximum absolute atomic E-state index is 12.0. The van der Waals surface area contributed by atoms with Crippen LogP contribution in [0.1, 0.15) is 15.9 Å². The standard InChI is InChI=1S/C18H18N2O3/c21-17(23-13-10-14-4-2-1-3-5-14)15-6-8-16(9-7-15)20-12-11-19-18(20)22/h1-9H,10-13H2,(H,19,22). The summed E-state index contributed by atoms with van der Waals surface area (Å²) in [5, 5.41) is 2.74. The molecule has 0 unspecified atom stereocenters. The van der Waals surface area contributed by atoms with Crippen LogP contribution in [0.25, 0.3) is 0 Å². The van der Waals surface area contributed by atoms with E-state index in [0.717, 1.165) is 11.3 Å². The summed E-state index contributed by atoms with van der Waals surface area (Å²) in [5.41, 5.74) is 2.40. The highest BCUT2D eigenvalue weighted by Crippen LogP contribution is 2.17. The lowest BCUT2D eigenvalue weighted by atomic mass is 10.1. The topological polar surface area (TPSA) is 58.6 Å². The van der Waals surface area contributed by atoms with Crippen LogP contribution in [0.4, 0.5) is 10.5 Å². The predicted molar refractivity (Wildman–Crippen MR) is 87.6 cm³/mol. The van der Waals surface area contributed by atoms with Crippen molar-refractivity contribution in [3.05, 3.63) is 65.7 Å². The van der Waals surface area contributed by atoms with Gasteiger partial charge in [-0.05, 0) is 29.8 Å². The van der Waals surface area contributed by atoms with Crippen LogP contribution in [0.15, 0.2) is 54.6 Å². The van der Waals surface area contributed by atoms with Gasteiger partial charge in [0.1, 0.15) is 0 Å². The summed E-state index contributed by atoms with van der Waals surface area (Å²) in [6, 6.07) is 16.7. The molecule has 2 aromatic carbocycles. The summed E-state index contributed by atoms with van der Waals surface area (Å²) < 4.78 is 5.29. The van der Waals surface area contributed by atoms with E-state index in [1.807, 2.05) is 30.3 Å². The molecular weight excluding hydrogens is 292 g/mol. The van der Waals surface area contributed by atoms with E-state index >= 15 is 0 Å². The number of rotatable bonds is 5. The number of carbonyl (C=O) groups is 2. The third-order valence-electron chi connectivity index (χ3n) is 3.74. The number of benzene rings is 2. The molecule has 1 heterocycles. The smallest absolute Gasteiger partial charge is 0.338 e. The first-order valence-electron chi connectivity index (χ1n) is 7.60. The molecule has 118 valence electrons. The van der Waals surface area contributed by atoms with E-state index in [4.69, 9.17) is 4.74 Å². The molecule has 3 rings (SSSR count). The Bertz CT molecular complexity index is 683. The predicted octanol–water partition coefficient (Wildman–Crippen LogP) is 2.62. The molecular formula is C18H18N2O3. The number of amides is 2. The maximum atomic E-state index is 12.0. The molecule has 1 aliphatic rings. The number of nitrogens with one attached hydrogen (secondary N) is 1. The van der Waals surface area contributed by atoms with Crippen molar-refractivity contribution < 1.29 is 14.3 Å². The Morgan fingerprint density at radius 3 is 2.48 bits per heavy atom. The van der Waals surface area contributed by atoms with Gasteiger partial charge in [-0.1, -0.05) is 30.3 Å². The molecule has 1 aliphatic heterocycles. The summed E-state index contributed by atoms with van der Waals surface area (Å²) in [4.78, 5) is 25.3. The van der Waals surface area contributed by atoms with Crippen molar-refractivity contribution in [2.45, 2.75) is 6.42 Å². The molecule has 5 heteroatoms. The Morgan fingerprint density at radius 2 is 1.83 bits per heavy atom. The monoisotopic (exact) mass is 310 g/mol. The summed E-state index contributed by atoms with van der Waals surface area (Å²) in [6.07, 6.45) is 0.693. The van der Waals surface area contributed by atoms with Gasteiger partial charge in [0.25, 0.3) is 0 Å². The molecule has 0 spiro atoms. The lowest BCUT2D eigenvalue weighted by molar-refractivity contribution is 0.0509. The summed E-state index contributed by atoms with van der Waals surface area (Å²) in [6.45, 7) is 1.63. The molecule has 1 saturated heterocycles. The normalized spacial score (nSPS) is 13.7. The Labute approximate surface area is 134 Å². The highest BCUT2D eigenvalue weighted by Gasteiger charge is 2.21. The molecule has 0 radical (unpaired) electrons. The van der Waals surface area contributed by atoms with Crippen molar-refractivity contribution in [3.63, 3.8) is 0 Å². The van der Waals surface area contributed by atoms with E-state index < -0.39 is 0 Å². The number of carbonyl (C=O) groups excluding carboxylic acids is 2. The van der Waals surface area contributed by atoms with Gasteiger partial charge in [0.2, 0.25) is 0 Å². The van der Waals surface area contributed by atoms with Crippen molar-refractivity contribution >= 4 is 17.7 Å². The summed E-state index contributed by atoms with van der Waals surface area (Å²) in [5.74, 6) is -0.349. The largest absolute Gasteiger partial charge is 0.462 e. The second-order valence-electron chi connectivity index (χ2n) is 5.30. The lowest BCUT2D eigenvalue weighted by Crippen LogP contribution is -2.27. The fourth-order valence-electron chi connectivity index (χ4n) is 2.49. The molecule has 5 nitrogen and oxygen atoms in total. The number of nitrogens with zero attached hydrogens (tertiary/aromatic N) is 1. The molecule has 1 N–H and O–H groups in total. The first-order chi connectivity index (χ1) is 11.2. The van der Waals surface area contributed by atoms with Crippen LogP contribution in [0, 0.1) is 0 Å². The SMILES string of the molecule is O=C(OCCc1ccccc1)c1ccc(N2CCNC2=O)cc1. The molecule has 2 aromatic rings. The van der Waals surface area contributed by atoms with Crippen LogP contribution in [0.5, 0.6) is 0 Å². The number of urea groups is 1. The maximum Gasteiger partial charge on any atom is 0.338 e. The summed E-state index contributed by atoms with van der Waals surface area (Å²) in [7, 11) is 0. The molecule has 0 atom stereocenters. The summed E-state index contributed by atoms with van der Waals surface area (Å²) >= 11 is 0. The van der Waals surface area contributed by atoms with Gasteiger partial charge >= 0.3 is 12.0 Å². The zero-order valence-electron chi connectivity index (χ0n) is 12.7. The van der Waals surface area contributed by atoms with Crippen LogP contribution >= 0.6 is 0 Å². The van der Waals surface area contributed by atoms with Crippen LogP contribution in [0.2, 0.25) is 0 Å². The van der Waals surface area contributed by atoms with Gasteiger partial charge in [-0.25, -0.2) is 9.59 Å². The van der Waals surface area contributed by atoms with Crippen LogP contribution < -0.4 is 10.2 Å². The Balaban J connectivity index is 1.54. The number of esters is 1. The van der Waals surface area contributed by atoms with Gasteiger partial charge in [0.05, 0.1) is 12.2 Å². The molecule has 23 heavy (non-hydrogen) atoms. The number of anilines is 1. The fourth-order valence-corrected chi connectivity index (χ4v) is 2.49. The first-order valence-corrected chi connectivity index (χ1v) is 7.60. The number of hydrogen-bond acceptors (Lipinski definition) is 3. The second kappa shape index (κ2) is 6.96. The van der Waals surface area contributed by atoms with Crippen molar-refractivity contribution in [2.24, 2.45) is 0 Å². The highest BCUT2D eigenvalue weighted by molar-refractivity contribution is 5.95. The van der Waals surface area contributed by atoms with E-state index in [-0.39, 0.29) is 12.0 Å². The molecule has 0 bridgehead atoms. The van der Waals surface area contributed by atoms with E-state index in [1.165, 1.54) is 0 Å². The van der Waals surface area contributed by atoms with Gasteiger partial charge < -0.3 is 10.1 Å². The third kappa shape index (κ3) is 3.69. The molecule has 2 amide bonds. The molecule has 1 fully saturated rings. The van der Waals surface area contributed by atoms with Crippen molar-refractivity contribution in [2.75, 3.05) is 24.6 Å². The van der Waals surface area contributed by atoms with Gasteiger partial charge in [0.15, 0.2) is 0 Å². The van der Waals surface area contributed by atoms with Crippen LogP contribution in [0.3, 0.4) is 0 Å². The highest BCUT2D eigenvalue weighted by atomic mass is 16.5. The average molecular weight is 310 g/mol. The Morgan fingerprint density at radius 1 is 1.09 bits per heavy atom. The molecule has 0 aromatic heterocycles. The number of ether oxygens (including phenoxy) is 1. The minimum atomic E-state index is -0.349. The van der Waals surface area contributed by atoms with Crippen LogP contribution in [-0.4, -0.2) is 31.7 Å². The molecule has 0 aliphatic carbocycles. The van der Waals surface area contributed by atoms with E-state index in [2.05, 4.69) is 5.32 Å². The number of hydrogen-bond donors (Lipinski definition) is 1. The van der Waals surface area contributed by atoms with Crippen molar-refractivity contribution in [1.29, 1.82) is 0 Å². The van der Waals surface area contributed by atoms with Gasteiger partial charge in [-0.3, -0.25) is 4.90 Å². The van der Waals surface area contributed by atoms with Crippen molar-refractivity contribution in [1.82, 2.24) is 5.32 Å². The lowest BCUT2D eigenvalue weighted by Gasteiger charge is -2.14. The first kappa shape index (κ1) is 15.1. The Hall–Kier alpha value is -2.82. The van der Waals surface area contributed by atoms with Gasteiger partial charge in [-0.2, -0.15) is 0 Å². The average Bonchev–Trinajstić information content (AvgIpc) is 3.02. The minimum Gasteiger partial charge on any atom is -0.462 e. The van der Waals surface area contributed by atoms with Gasteiger partial charge in [0, 0.05) is 25.2 Å². The van der Waals surface area contributed by atoms with E-state index in [1.54, 1.807) is 29.2 Å². The van der Waals surface area contributed by atoms with E-state index in [9.17, 15) is 9.59 Å². The van der Waals surface area contributed by atoms with Gasteiger partial charge in [-0.15, -0.1) is 0 Å². The second-order valence-corrected chi connectivity index (χ2v) is 5.30. The zero-order chi connectivity index (χ0) is 16.1. The minimum absolute atomic E-state index is 0.108. The zero-order valence-corrected chi connectivity index (χ0v) is 12.7. The Kier molecular flexibility index (Phi) is 4.57. The van der Waals surface area contributed by atoms with Crippen molar-refractivity contribution in [3.8, 4) is 0 Å². The van der Waals surface area contributed by atoms with Crippen LogP contribution in [-0.2, 0) is 11.2 Å². The fraction of sp³-hybridized carbons (Fsp3) is 0.222. The molecule has 0 saturated carbocycles.